The molecule has 0 atom stereocenters. The molecule has 128 valence electrons. The fraction of sp³-hybridized carbons (Fsp3) is 0.789. The normalized spacial score (nSPS) is 20.4. The van der Waals surface area contributed by atoms with Gasteiger partial charge in [-0.2, -0.15) is 0 Å². The van der Waals surface area contributed by atoms with Crippen LogP contribution in [0.2, 0.25) is 0 Å². The van der Waals surface area contributed by atoms with Crippen molar-refractivity contribution in [1.29, 1.82) is 0 Å². The number of hydrogen-bond acceptors (Lipinski definition) is 4. The average molecular weight is 316 g/mol. The molecule has 0 N–H and O–H groups in total. The highest BCUT2D eigenvalue weighted by molar-refractivity contribution is 5.08. The molecule has 2 heterocycles. The molecule has 1 aliphatic heterocycles. The molecule has 23 heavy (non-hydrogen) atoms. The highest BCUT2D eigenvalue weighted by atomic mass is 15.2. The molecular formula is C19H32N4. The Morgan fingerprint density at radius 1 is 1.04 bits per heavy atom. The molecule has 4 heteroatoms. The fourth-order valence-corrected chi connectivity index (χ4v) is 3.91. The number of likely N-dealkylation sites (N-methyl/N-ethyl adjacent to an activating group) is 1. The van der Waals surface area contributed by atoms with Crippen LogP contribution in [0.3, 0.4) is 0 Å². The topological polar surface area (TPSA) is 32.3 Å². The zero-order valence-corrected chi connectivity index (χ0v) is 14.7. The molecule has 1 aromatic rings. The molecule has 2 fully saturated rings. The Labute approximate surface area is 141 Å². The van der Waals surface area contributed by atoms with E-state index >= 15 is 0 Å². The number of aromatic nitrogens is 2. The summed E-state index contributed by atoms with van der Waals surface area (Å²) in [6, 6.07) is 0. The first-order valence-corrected chi connectivity index (χ1v) is 9.60. The minimum absolute atomic E-state index is 0.607. The van der Waals surface area contributed by atoms with Crippen molar-refractivity contribution in [2.45, 2.75) is 64.3 Å². The summed E-state index contributed by atoms with van der Waals surface area (Å²) in [4.78, 5) is 14.5. The zero-order valence-electron chi connectivity index (χ0n) is 14.7. The summed E-state index contributed by atoms with van der Waals surface area (Å²) < 4.78 is 0. The van der Waals surface area contributed by atoms with Gasteiger partial charge in [0.1, 0.15) is 5.82 Å². The van der Waals surface area contributed by atoms with Crippen molar-refractivity contribution in [1.82, 2.24) is 19.8 Å². The largest absolute Gasteiger partial charge is 0.302 e. The monoisotopic (exact) mass is 316 g/mol. The smallest absolute Gasteiger partial charge is 0.131 e. The van der Waals surface area contributed by atoms with Crippen LogP contribution in [0.4, 0.5) is 0 Å². The summed E-state index contributed by atoms with van der Waals surface area (Å²) in [6.07, 6.45) is 13.5. The second-order valence-corrected chi connectivity index (χ2v) is 7.20. The quantitative estimate of drug-likeness (QED) is 0.771. The van der Waals surface area contributed by atoms with Gasteiger partial charge in [-0.15, -0.1) is 0 Å². The van der Waals surface area contributed by atoms with Crippen LogP contribution in [0.5, 0.6) is 0 Å². The number of hydrogen-bond donors (Lipinski definition) is 0. The van der Waals surface area contributed by atoms with E-state index in [0.29, 0.717) is 5.92 Å². The van der Waals surface area contributed by atoms with E-state index in [4.69, 9.17) is 0 Å². The second kappa shape index (κ2) is 8.74. The molecule has 1 aliphatic carbocycles. The molecule has 0 radical (unpaired) electrons. The molecule has 0 spiro atoms. The highest BCUT2D eigenvalue weighted by Gasteiger charge is 2.18. The summed E-state index contributed by atoms with van der Waals surface area (Å²) in [5.41, 5.74) is 1.26. The van der Waals surface area contributed by atoms with Crippen LogP contribution in [0, 0.1) is 0 Å². The minimum Gasteiger partial charge on any atom is -0.302 e. The Hall–Kier alpha value is -1.00. The van der Waals surface area contributed by atoms with Gasteiger partial charge in [-0.1, -0.05) is 26.2 Å². The van der Waals surface area contributed by atoms with Crippen molar-refractivity contribution in [3.05, 3.63) is 23.8 Å². The van der Waals surface area contributed by atoms with Crippen LogP contribution in [0.15, 0.2) is 12.4 Å². The third kappa shape index (κ3) is 4.98. The number of likely N-dealkylation sites (tertiary alicyclic amines) is 1. The van der Waals surface area contributed by atoms with Gasteiger partial charge in [0.15, 0.2) is 0 Å². The van der Waals surface area contributed by atoms with Gasteiger partial charge in [0, 0.05) is 43.5 Å². The van der Waals surface area contributed by atoms with E-state index in [-0.39, 0.29) is 0 Å². The van der Waals surface area contributed by atoms with Crippen molar-refractivity contribution in [3.8, 4) is 0 Å². The Morgan fingerprint density at radius 2 is 1.74 bits per heavy atom. The summed E-state index contributed by atoms with van der Waals surface area (Å²) in [5, 5.41) is 0. The van der Waals surface area contributed by atoms with Gasteiger partial charge in [-0.05, 0) is 45.3 Å². The minimum atomic E-state index is 0.607. The van der Waals surface area contributed by atoms with Gasteiger partial charge in [-0.25, -0.2) is 9.97 Å². The molecule has 0 amide bonds. The molecule has 1 saturated carbocycles. The fourth-order valence-electron chi connectivity index (χ4n) is 3.91. The number of nitrogens with zero attached hydrogens (tertiary/aromatic N) is 4. The van der Waals surface area contributed by atoms with Gasteiger partial charge in [0.25, 0.3) is 0 Å². The van der Waals surface area contributed by atoms with Gasteiger partial charge in [0.2, 0.25) is 0 Å². The zero-order chi connectivity index (χ0) is 15.9. The van der Waals surface area contributed by atoms with Gasteiger partial charge in [-0.3, -0.25) is 4.90 Å². The molecule has 1 aromatic heterocycles. The van der Waals surface area contributed by atoms with E-state index in [0.717, 1.165) is 25.5 Å². The highest BCUT2D eigenvalue weighted by Crippen LogP contribution is 2.30. The molecule has 4 nitrogen and oxygen atoms in total. The Balaban J connectivity index is 1.49. The van der Waals surface area contributed by atoms with Crippen molar-refractivity contribution in [3.63, 3.8) is 0 Å². The maximum absolute atomic E-state index is 4.68. The van der Waals surface area contributed by atoms with Crippen molar-refractivity contribution < 1.29 is 0 Å². The average Bonchev–Trinajstić information content (AvgIpc) is 3.13. The molecule has 0 unspecified atom stereocenters. The summed E-state index contributed by atoms with van der Waals surface area (Å²) >= 11 is 0. The van der Waals surface area contributed by atoms with Crippen LogP contribution in [0.1, 0.15) is 69.2 Å². The van der Waals surface area contributed by atoms with Crippen LogP contribution in [-0.4, -0.2) is 52.5 Å². The predicted octanol–water partition coefficient (Wildman–Crippen LogP) is 3.44. The predicted molar refractivity (Wildman–Crippen MR) is 94.5 cm³/mol. The molecule has 2 aliphatic rings. The lowest BCUT2D eigenvalue weighted by Crippen LogP contribution is -2.33. The van der Waals surface area contributed by atoms with Crippen molar-refractivity contribution in [2.24, 2.45) is 0 Å². The third-order valence-electron chi connectivity index (χ3n) is 5.48. The third-order valence-corrected chi connectivity index (χ3v) is 5.48. The van der Waals surface area contributed by atoms with Crippen LogP contribution in [-0.2, 0) is 6.54 Å². The van der Waals surface area contributed by atoms with Gasteiger partial charge < -0.3 is 4.90 Å². The molecule has 0 aromatic carbocycles. The first kappa shape index (κ1) is 16.8. The maximum atomic E-state index is 4.68. The van der Waals surface area contributed by atoms with Crippen molar-refractivity contribution >= 4 is 0 Å². The first-order chi connectivity index (χ1) is 11.3. The van der Waals surface area contributed by atoms with Crippen LogP contribution < -0.4 is 0 Å². The Morgan fingerprint density at radius 3 is 2.39 bits per heavy atom. The lowest BCUT2D eigenvalue weighted by molar-refractivity contribution is 0.226. The molecule has 1 saturated heterocycles. The van der Waals surface area contributed by atoms with E-state index < -0.39 is 0 Å². The van der Waals surface area contributed by atoms with Crippen LogP contribution in [0.25, 0.3) is 0 Å². The van der Waals surface area contributed by atoms with E-state index in [1.807, 2.05) is 0 Å². The van der Waals surface area contributed by atoms with Gasteiger partial charge >= 0.3 is 0 Å². The summed E-state index contributed by atoms with van der Waals surface area (Å²) in [7, 11) is 0. The van der Waals surface area contributed by atoms with E-state index in [1.54, 1.807) is 0 Å². The standard InChI is InChI=1S/C19H32N4/c1-2-22(12-13-23-10-6-7-11-23)16-17-14-20-19(21-15-17)18-8-4-3-5-9-18/h14-15,18H,2-13,16H2,1H3. The van der Waals surface area contributed by atoms with E-state index in [2.05, 4.69) is 39.1 Å². The second-order valence-electron chi connectivity index (χ2n) is 7.20. The molecular weight excluding hydrogens is 284 g/mol. The van der Waals surface area contributed by atoms with E-state index in [9.17, 15) is 0 Å². The summed E-state index contributed by atoms with van der Waals surface area (Å²) in [6.45, 7) is 9.26. The SMILES string of the molecule is CCN(CCN1CCCC1)Cc1cnc(C2CCCCC2)nc1. The summed E-state index contributed by atoms with van der Waals surface area (Å²) in [5.74, 6) is 1.68. The first-order valence-electron chi connectivity index (χ1n) is 9.60. The van der Waals surface area contributed by atoms with Gasteiger partial charge in [0.05, 0.1) is 0 Å². The lowest BCUT2D eigenvalue weighted by atomic mass is 9.89. The lowest BCUT2D eigenvalue weighted by Gasteiger charge is -2.24. The Kier molecular flexibility index (Phi) is 6.40. The molecule has 3 rings (SSSR count). The maximum Gasteiger partial charge on any atom is 0.131 e. The number of rotatable bonds is 7. The van der Waals surface area contributed by atoms with Crippen molar-refractivity contribution in [2.75, 3.05) is 32.7 Å². The van der Waals surface area contributed by atoms with Crippen LogP contribution >= 0.6 is 0 Å². The Bertz CT molecular complexity index is 447. The van der Waals surface area contributed by atoms with E-state index in [1.165, 1.54) is 70.1 Å². The molecule has 0 bridgehead atoms.